The number of hydrogen-bond donors (Lipinski definition) is 1. The molecule has 0 aliphatic rings. The van der Waals surface area contributed by atoms with E-state index in [0.29, 0.717) is 17.1 Å². The molecule has 0 aromatic heterocycles. The van der Waals surface area contributed by atoms with E-state index >= 15 is 0 Å². The van der Waals surface area contributed by atoms with Crippen molar-refractivity contribution in [3.05, 3.63) is 59.8 Å². The van der Waals surface area contributed by atoms with Gasteiger partial charge >= 0.3 is 0 Å². The normalized spacial score (nSPS) is 10.5. The molecular weight excluding hydrogens is 306 g/mol. The number of anilines is 1. The van der Waals surface area contributed by atoms with Gasteiger partial charge in [0.2, 0.25) is 0 Å². The Kier molecular flexibility index (Phi) is 5.84. The molecule has 0 radical (unpaired) electrons. The zero-order valence-corrected chi connectivity index (χ0v) is 14.3. The lowest BCUT2D eigenvalue weighted by Gasteiger charge is -2.09. The molecule has 0 amide bonds. The van der Waals surface area contributed by atoms with E-state index in [2.05, 4.69) is 5.32 Å². The van der Waals surface area contributed by atoms with Gasteiger partial charge in [0.15, 0.2) is 17.3 Å². The molecule has 1 N–H and O–H groups in total. The van der Waals surface area contributed by atoms with Gasteiger partial charge < -0.3 is 19.5 Å². The van der Waals surface area contributed by atoms with Crippen molar-refractivity contribution in [1.29, 1.82) is 0 Å². The largest absolute Gasteiger partial charge is 0.497 e. The fourth-order valence-corrected chi connectivity index (χ4v) is 2.18. The number of ketones is 1. The third-order valence-corrected chi connectivity index (χ3v) is 3.59. The van der Waals surface area contributed by atoms with Gasteiger partial charge in [-0.05, 0) is 36.8 Å². The van der Waals surface area contributed by atoms with Crippen LogP contribution in [-0.4, -0.2) is 27.1 Å². The number of methoxy groups -OCH3 is 3. The topological polar surface area (TPSA) is 56.8 Å². The van der Waals surface area contributed by atoms with Crippen LogP contribution in [0.25, 0.3) is 0 Å². The Morgan fingerprint density at radius 1 is 0.958 bits per heavy atom. The molecule has 0 saturated heterocycles. The lowest BCUT2D eigenvalue weighted by atomic mass is 10.1. The number of rotatable bonds is 7. The van der Waals surface area contributed by atoms with Gasteiger partial charge in [0.25, 0.3) is 0 Å². The molecule has 0 atom stereocenters. The smallest absolute Gasteiger partial charge is 0.187 e. The Balaban J connectivity index is 2.11. The predicted octanol–water partition coefficient (Wildman–Crippen LogP) is 3.83. The van der Waals surface area contributed by atoms with Crippen LogP contribution in [0.3, 0.4) is 0 Å². The fraction of sp³-hybridized carbons (Fsp3) is 0.211. The van der Waals surface area contributed by atoms with Crippen LogP contribution in [-0.2, 0) is 0 Å². The van der Waals surface area contributed by atoms with E-state index in [1.807, 2.05) is 25.1 Å². The van der Waals surface area contributed by atoms with Gasteiger partial charge in [0, 0.05) is 29.6 Å². The quantitative estimate of drug-likeness (QED) is 0.619. The Hall–Kier alpha value is -2.95. The van der Waals surface area contributed by atoms with Crippen LogP contribution < -0.4 is 19.5 Å². The van der Waals surface area contributed by atoms with Crippen LogP contribution in [0.15, 0.2) is 48.7 Å². The van der Waals surface area contributed by atoms with Gasteiger partial charge in [-0.3, -0.25) is 4.79 Å². The standard InChI is InChI=1S/C19H21NO4/c1-13-5-7-15(22-2)12-16(13)20-10-9-17(21)14-6-8-18(23-3)19(11-14)24-4/h5-12,20H,1-4H3/b10-9+. The number of benzene rings is 2. The van der Waals surface area contributed by atoms with Crippen molar-refractivity contribution in [2.75, 3.05) is 26.6 Å². The molecule has 126 valence electrons. The van der Waals surface area contributed by atoms with E-state index < -0.39 is 0 Å². The van der Waals surface area contributed by atoms with E-state index in [0.717, 1.165) is 17.0 Å². The van der Waals surface area contributed by atoms with Crippen LogP contribution in [0.4, 0.5) is 5.69 Å². The van der Waals surface area contributed by atoms with Crippen LogP contribution in [0.1, 0.15) is 15.9 Å². The summed E-state index contributed by atoms with van der Waals surface area (Å²) in [6, 6.07) is 10.8. The van der Waals surface area contributed by atoms with Crippen LogP contribution in [0.5, 0.6) is 17.2 Å². The minimum Gasteiger partial charge on any atom is -0.497 e. The molecule has 0 heterocycles. The van der Waals surface area contributed by atoms with Crippen molar-refractivity contribution in [2.24, 2.45) is 0 Å². The van der Waals surface area contributed by atoms with Crippen molar-refractivity contribution in [3.63, 3.8) is 0 Å². The molecular formula is C19H21NO4. The first-order valence-corrected chi connectivity index (χ1v) is 7.43. The summed E-state index contributed by atoms with van der Waals surface area (Å²) in [6.07, 6.45) is 3.08. The molecule has 2 rings (SSSR count). The maximum absolute atomic E-state index is 12.3. The highest BCUT2D eigenvalue weighted by Crippen LogP contribution is 2.28. The second kappa shape index (κ2) is 8.06. The minimum atomic E-state index is -0.135. The summed E-state index contributed by atoms with van der Waals surface area (Å²) in [5.41, 5.74) is 2.46. The Labute approximate surface area is 141 Å². The SMILES string of the molecule is COc1ccc(C)c(N/C=C/C(=O)c2ccc(OC)c(OC)c2)c1. The molecule has 2 aromatic rings. The average molecular weight is 327 g/mol. The molecule has 2 aromatic carbocycles. The van der Waals surface area contributed by atoms with E-state index in [1.165, 1.54) is 13.2 Å². The Bertz CT molecular complexity index is 753. The van der Waals surface area contributed by atoms with Crippen molar-refractivity contribution >= 4 is 11.5 Å². The summed E-state index contributed by atoms with van der Waals surface area (Å²) in [6.45, 7) is 1.98. The molecule has 0 saturated carbocycles. The zero-order valence-electron chi connectivity index (χ0n) is 14.3. The van der Waals surface area contributed by atoms with Gasteiger partial charge in [-0.15, -0.1) is 0 Å². The lowest BCUT2D eigenvalue weighted by molar-refractivity contribution is 0.104. The number of ether oxygens (including phenoxy) is 3. The number of allylic oxidation sites excluding steroid dienone is 1. The molecule has 5 heteroatoms. The summed E-state index contributed by atoms with van der Waals surface area (Å²) >= 11 is 0. The number of nitrogens with one attached hydrogen (secondary N) is 1. The van der Waals surface area contributed by atoms with Crippen molar-refractivity contribution in [1.82, 2.24) is 0 Å². The highest BCUT2D eigenvalue weighted by molar-refractivity contribution is 6.05. The van der Waals surface area contributed by atoms with Crippen molar-refractivity contribution < 1.29 is 19.0 Å². The van der Waals surface area contributed by atoms with E-state index in [4.69, 9.17) is 14.2 Å². The molecule has 0 aliphatic carbocycles. The summed E-state index contributed by atoms with van der Waals surface area (Å²) < 4.78 is 15.6. The van der Waals surface area contributed by atoms with Crippen molar-refractivity contribution in [3.8, 4) is 17.2 Å². The highest BCUT2D eigenvalue weighted by atomic mass is 16.5. The van der Waals surface area contributed by atoms with Gasteiger partial charge in [-0.1, -0.05) is 6.07 Å². The summed E-state index contributed by atoms with van der Waals surface area (Å²) in [5.74, 6) is 1.73. The first kappa shape index (κ1) is 17.4. The molecule has 0 aliphatic heterocycles. The lowest BCUT2D eigenvalue weighted by Crippen LogP contribution is -1.99. The number of hydrogen-bond acceptors (Lipinski definition) is 5. The molecule has 24 heavy (non-hydrogen) atoms. The minimum absolute atomic E-state index is 0.135. The predicted molar refractivity (Wildman–Crippen MR) is 94.4 cm³/mol. The summed E-state index contributed by atoms with van der Waals surface area (Å²) in [5, 5.41) is 3.10. The Morgan fingerprint density at radius 2 is 1.71 bits per heavy atom. The fourth-order valence-electron chi connectivity index (χ4n) is 2.18. The summed E-state index contributed by atoms with van der Waals surface area (Å²) in [4.78, 5) is 12.3. The van der Waals surface area contributed by atoms with Crippen LogP contribution in [0.2, 0.25) is 0 Å². The van der Waals surface area contributed by atoms with Crippen molar-refractivity contribution in [2.45, 2.75) is 6.92 Å². The molecule has 5 nitrogen and oxygen atoms in total. The van der Waals surface area contributed by atoms with Gasteiger partial charge in [0.05, 0.1) is 21.3 Å². The van der Waals surface area contributed by atoms with Crippen LogP contribution in [0, 0.1) is 6.92 Å². The third-order valence-electron chi connectivity index (χ3n) is 3.59. The maximum Gasteiger partial charge on any atom is 0.187 e. The second-order valence-corrected chi connectivity index (χ2v) is 5.09. The molecule has 0 bridgehead atoms. The number of carbonyl (C=O) groups is 1. The number of carbonyl (C=O) groups excluding carboxylic acids is 1. The van der Waals surface area contributed by atoms with Gasteiger partial charge in [0.1, 0.15) is 5.75 Å². The van der Waals surface area contributed by atoms with E-state index in [-0.39, 0.29) is 5.78 Å². The molecule has 0 unspecified atom stereocenters. The summed E-state index contributed by atoms with van der Waals surface area (Å²) in [7, 11) is 4.71. The molecule has 0 fully saturated rings. The maximum atomic E-state index is 12.3. The average Bonchev–Trinajstić information content (AvgIpc) is 2.62. The van der Waals surface area contributed by atoms with E-state index in [9.17, 15) is 4.79 Å². The Morgan fingerprint density at radius 3 is 2.38 bits per heavy atom. The monoisotopic (exact) mass is 327 g/mol. The first-order chi connectivity index (χ1) is 11.6. The second-order valence-electron chi connectivity index (χ2n) is 5.09. The number of aryl methyl sites for hydroxylation is 1. The van der Waals surface area contributed by atoms with Crippen LogP contribution >= 0.6 is 0 Å². The first-order valence-electron chi connectivity index (χ1n) is 7.43. The zero-order chi connectivity index (χ0) is 17.5. The van der Waals surface area contributed by atoms with E-state index in [1.54, 1.807) is 38.6 Å². The molecule has 0 spiro atoms. The highest BCUT2D eigenvalue weighted by Gasteiger charge is 2.08. The van der Waals surface area contributed by atoms with Gasteiger partial charge in [-0.2, -0.15) is 0 Å². The van der Waals surface area contributed by atoms with Gasteiger partial charge in [-0.25, -0.2) is 0 Å². The third kappa shape index (κ3) is 4.07.